The second-order valence-corrected chi connectivity index (χ2v) is 5.55. The zero-order valence-corrected chi connectivity index (χ0v) is 12.7. The summed E-state index contributed by atoms with van der Waals surface area (Å²) in [5.41, 5.74) is 1.19. The highest BCUT2D eigenvalue weighted by Gasteiger charge is 2.18. The van der Waals surface area contributed by atoms with Crippen molar-refractivity contribution in [2.24, 2.45) is 0 Å². The fraction of sp³-hybridized carbons (Fsp3) is 0.438. The molecule has 1 aliphatic rings. The van der Waals surface area contributed by atoms with Crippen molar-refractivity contribution in [3.63, 3.8) is 0 Å². The van der Waals surface area contributed by atoms with Crippen molar-refractivity contribution in [3.05, 3.63) is 36.2 Å². The fourth-order valence-electron chi connectivity index (χ4n) is 2.74. The Morgan fingerprint density at radius 2 is 1.95 bits per heavy atom. The number of methoxy groups -OCH3 is 1. The SMILES string of the molecule is COc1ccc(-n2cc(C(=O)NC3CCCCC3)nn2)cc1. The summed E-state index contributed by atoms with van der Waals surface area (Å²) in [6.45, 7) is 0. The van der Waals surface area contributed by atoms with Crippen molar-refractivity contribution in [1.29, 1.82) is 0 Å². The van der Waals surface area contributed by atoms with Crippen LogP contribution in [0.2, 0.25) is 0 Å². The Kier molecular flexibility index (Phi) is 4.37. The molecule has 1 aromatic heterocycles. The lowest BCUT2D eigenvalue weighted by atomic mass is 9.95. The number of amides is 1. The molecule has 0 unspecified atom stereocenters. The quantitative estimate of drug-likeness (QED) is 0.941. The van der Waals surface area contributed by atoms with Crippen LogP contribution in [0.15, 0.2) is 30.5 Å². The maximum atomic E-state index is 12.2. The molecule has 1 saturated carbocycles. The molecule has 1 fully saturated rings. The molecule has 0 saturated heterocycles. The average molecular weight is 300 g/mol. The molecule has 1 aliphatic carbocycles. The van der Waals surface area contributed by atoms with Crippen molar-refractivity contribution in [1.82, 2.24) is 20.3 Å². The predicted molar refractivity (Wildman–Crippen MR) is 82.3 cm³/mol. The first-order valence-corrected chi connectivity index (χ1v) is 7.64. The number of hydrogen-bond acceptors (Lipinski definition) is 4. The van der Waals surface area contributed by atoms with E-state index in [0.717, 1.165) is 24.3 Å². The van der Waals surface area contributed by atoms with Crippen LogP contribution in [0, 0.1) is 0 Å². The Bertz CT molecular complexity index is 630. The largest absolute Gasteiger partial charge is 0.497 e. The van der Waals surface area contributed by atoms with E-state index in [9.17, 15) is 4.79 Å². The van der Waals surface area contributed by atoms with Crippen LogP contribution in [0.3, 0.4) is 0 Å². The lowest BCUT2D eigenvalue weighted by molar-refractivity contribution is 0.0922. The van der Waals surface area contributed by atoms with Gasteiger partial charge in [-0.3, -0.25) is 4.79 Å². The third-order valence-corrected chi connectivity index (χ3v) is 4.00. The minimum Gasteiger partial charge on any atom is -0.497 e. The average Bonchev–Trinajstić information content (AvgIpc) is 3.06. The van der Waals surface area contributed by atoms with E-state index in [4.69, 9.17) is 4.74 Å². The number of rotatable bonds is 4. The van der Waals surface area contributed by atoms with Gasteiger partial charge in [0.25, 0.3) is 5.91 Å². The summed E-state index contributed by atoms with van der Waals surface area (Å²) in [5, 5.41) is 11.0. The van der Waals surface area contributed by atoms with Crippen LogP contribution in [0.5, 0.6) is 5.75 Å². The molecular formula is C16H20N4O2. The minimum absolute atomic E-state index is 0.147. The maximum absolute atomic E-state index is 12.2. The van der Waals surface area contributed by atoms with E-state index < -0.39 is 0 Å². The molecule has 1 amide bonds. The lowest BCUT2D eigenvalue weighted by Gasteiger charge is -2.22. The molecule has 22 heavy (non-hydrogen) atoms. The third-order valence-electron chi connectivity index (χ3n) is 4.00. The Hall–Kier alpha value is -2.37. The van der Waals surface area contributed by atoms with Crippen LogP contribution in [-0.2, 0) is 0 Å². The summed E-state index contributed by atoms with van der Waals surface area (Å²) in [6, 6.07) is 7.71. The van der Waals surface area contributed by atoms with Crippen molar-refractivity contribution in [2.45, 2.75) is 38.1 Å². The van der Waals surface area contributed by atoms with E-state index in [2.05, 4.69) is 15.6 Å². The summed E-state index contributed by atoms with van der Waals surface area (Å²) in [4.78, 5) is 12.2. The number of ether oxygens (including phenoxy) is 1. The normalized spacial score (nSPS) is 15.5. The van der Waals surface area contributed by atoms with E-state index in [0.29, 0.717) is 5.69 Å². The second kappa shape index (κ2) is 6.60. The van der Waals surface area contributed by atoms with E-state index in [-0.39, 0.29) is 11.9 Å². The monoisotopic (exact) mass is 300 g/mol. The van der Waals surface area contributed by atoms with Crippen LogP contribution in [0.1, 0.15) is 42.6 Å². The lowest BCUT2D eigenvalue weighted by Crippen LogP contribution is -2.36. The highest BCUT2D eigenvalue weighted by molar-refractivity contribution is 5.92. The summed E-state index contributed by atoms with van der Waals surface area (Å²) in [7, 11) is 1.62. The first-order chi connectivity index (χ1) is 10.8. The molecule has 6 nitrogen and oxygen atoms in total. The van der Waals surface area contributed by atoms with Gasteiger partial charge in [-0.2, -0.15) is 0 Å². The molecule has 3 rings (SSSR count). The van der Waals surface area contributed by atoms with Gasteiger partial charge in [0.15, 0.2) is 5.69 Å². The number of aromatic nitrogens is 3. The molecular weight excluding hydrogens is 280 g/mol. The van der Waals surface area contributed by atoms with Crippen LogP contribution < -0.4 is 10.1 Å². The topological polar surface area (TPSA) is 69.0 Å². The number of nitrogens with zero attached hydrogens (tertiary/aromatic N) is 3. The number of hydrogen-bond donors (Lipinski definition) is 1. The van der Waals surface area contributed by atoms with Crippen molar-refractivity contribution >= 4 is 5.91 Å². The van der Waals surface area contributed by atoms with Gasteiger partial charge in [0, 0.05) is 6.04 Å². The highest BCUT2D eigenvalue weighted by Crippen LogP contribution is 2.18. The van der Waals surface area contributed by atoms with Gasteiger partial charge < -0.3 is 10.1 Å². The smallest absolute Gasteiger partial charge is 0.273 e. The van der Waals surface area contributed by atoms with Crippen LogP contribution in [-0.4, -0.2) is 34.1 Å². The first-order valence-electron chi connectivity index (χ1n) is 7.64. The third kappa shape index (κ3) is 3.27. The van der Waals surface area contributed by atoms with Gasteiger partial charge in [0.05, 0.1) is 19.0 Å². The predicted octanol–water partition coefficient (Wildman–Crippen LogP) is 2.34. The highest BCUT2D eigenvalue weighted by atomic mass is 16.5. The summed E-state index contributed by atoms with van der Waals surface area (Å²) >= 11 is 0. The Morgan fingerprint density at radius 1 is 1.23 bits per heavy atom. The molecule has 6 heteroatoms. The summed E-state index contributed by atoms with van der Waals surface area (Å²) < 4.78 is 6.72. The molecule has 1 N–H and O–H groups in total. The van der Waals surface area contributed by atoms with Crippen molar-refractivity contribution < 1.29 is 9.53 Å². The molecule has 0 atom stereocenters. The number of nitrogens with one attached hydrogen (secondary N) is 1. The first kappa shape index (κ1) is 14.6. The van der Waals surface area contributed by atoms with Gasteiger partial charge in [-0.15, -0.1) is 5.10 Å². The van der Waals surface area contributed by atoms with E-state index in [1.54, 1.807) is 18.0 Å². The van der Waals surface area contributed by atoms with Crippen molar-refractivity contribution in [3.8, 4) is 11.4 Å². The van der Waals surface area contributed by atoms with Gasteiger partial charge in [-0.25, -0.2) is 4.68 Å². The number of benzene rings is 1. The molecule has 0 spiro atoms. The summed E-state index contributed by atoms with van der Waals surface area (Å²) in [6.07, 6.45) is 7.39. The number of carbonyl (C=O) groups is 1. The Morgan fingerprint density at radius 3 is 2.64 bits per heavy atom. The molecule has 0 bridgehead atoms. The van der Waals surface area contributed by atoms with Gasteiger partial charge in [-0.1, -0.05) is 24.5 Å². The zero-order chi connectivity index (χ0) is 15.4. The zero-order valence-electron chi connectivity index (χ0n) is 12.7. The molecule has 0 aliphatic heterocycles. The molecule has 0 radical (unpaired) electrons. The molecule has 2 aromatic rings. The number of carbonyl (C=O) groups excluding carboxylic acids is 1. The van der Waals surface area contributed by atoms with Crippen molar-refractivity contribution in [2.75, 3.05) is 7.11 Å². The maximum Gasteiger partial charge on any atom is 0.273 e. The Labute approximate surface area is 129 Å². The summed E-state index contributed by atoms with van der Waals surface area (Å²) in [5.74, 6) is 0.630. The Balaban J connectivity index is 1.68. The van der Waals surface area contributed by atoms with E-state index >= 15 is 0 Å². The van der Waals surface area contributed by atoms with Gasteiger partial charge in [0.1, 0.15) is 5.75 Å². The fourth-order valence-corrected chi connectivity index (χ4v) is 2.74. The second-order valence-electron chi connectivity index (χ2n) is 5.55. The van der Waals surface area contributed by atoms with Gasteiger partial charge in [0.2, 0.25) is 0 Å². The molecule has 1 aromatic carbocycles. The van der Waals surface area contributed by atoms with E-state index in [1.807, 2.05) is 24.3 Å². The van der Waals surface area contributed by atoms with E-state index in [1.165, 1.54) is 19.3 Å². The standard InChI is InChI=1S/C16H20N4O2/c1-22-14-9-7-13(8-10-14)20-11-15(18-19-20)16(21)17-12-5-3-2-4-6-12/h7-12H,2-6H2,1H3,(H,17,21). The van der Waals surface area contributed by atoms with Crippen LogP contribution in [0.25, 0.3) is 5.69 Å². The minimum atomic E-state index is -0.147. The van der Waals surface area contributed by atoms with Gasteiger partial charge >= 0.3 is 0 Å². The molecule has 1 heterocycles. The van der Waals surface area contributed by atoms with Gasteiger partial charge in [-0.05, 0) is 37.1 Å². The van der Waals surface area contributed by atoms with Crippen LogP contribution >= 0.6 is 0 Å². The van der Waals surface area contributed by atoms with Crippen LogP contribution in [0.4, 0.5) is 0 Å². The molecule has 116 valence electrons.